The van der Waals surface area contributed by atoms with E-state index in [9.17, 15) is 4.79 Å². The summed E-state index contributed by atoms with van der Waals surface area (Å²) in [4.78, 5) is 12.1. The van der Waals surface area contributed by atoms with Crippen LogP contribution in [0.4, 0.5) is 0 Å². The first-order chi connectivity index (χ1) is 10.8. The Bertz CT molecular complexity index is 675. The van der Waals surface area contributed by atoms with E-state index < -0.39 is 0 Å². The molecule has 7 nitrogen and oxygen atoms in total. The highest BCUT2D eigenvalue weighted by atomic mass is 16.5. The first-order valence-electron chi connectivity index (χ1n) is 6.89. The van der Waals surface area contributed by atoms with Crippen LogP contribution < -0.4 is 5.32 Å². The third kappa shape index (κ3) is 3.90. The van der Waals surface area contributed by atoms with E-state index in [1.807, 2.05) is 10.6 Å². The SMILES string of the molecule is COCCn1cnnc1CCNC(=O)c1ccccc1C#N. The Morgan fingerprint density at radius 1 is 1.45 bits per heavy atom. The zero-order chi connectivity index (χ0) is 15.8. The van der Waals surface area contributed by atoms with Crippen molar-refractivity contribution in [3.8, 4) is 6.07 Å². The molecule has 0 unspecified atom stereocenters. The molecular formula is C15H17N5O2. The van der Waals surface area contributed by atoms with Crippen LogP contribution in [-0.2, 0) is 17.7 Å². The standard InChI is InChI=1S/C15H17N5O2/c1-22-9-8-20-11-18-19-14(20)6-7-17-15(21)13-5-3-2-4-12(13)10-16/h2-5,11H,6-9H2,1H3,(H,17,21). The number of amides is 1. The minimum absolute atomic E-state index is 0.264. The average Bonchev–Trinajstić information content (AvgIpc) is 3.00. The summed E-state index contributed by atoms with van der Waals surface area (Å²) in [6.45, 7) is 1.67. The van der Waals surface area contributed by atoms with Gasteiger partial charge in [0.05, 0.1) is 23.8 Å². The highest BCUT2D eigenvalue weighted by Crippen LogP contribution is 2.06. The average molecular weight is 299 g/mol. The van der Waals surface area contributed by atoms with E-state index in [4.69, 9.17) is 10.00 Å². The number of hydrogen-bond donors (Lipinski definition) is 1. The fourth-order valence-electron chi connectivity index (χ4n) is 2.01. The van der Waals surface area contributed by atoms with Crippen LogP contribution in [-0.4, -0.2) is 40.9 Å². The van der Waals surface area contributed by atoms with Crippen LogP contribution in [0.25, 0.3) is 0 Å². The number of nitrogens with zero attached hydrogens (tertiary/aromatic N) is 4. The predicted octanol–water partition coefficient (Wildman–Crippen LogP) is 0.769. The molecule has 2 aromatic rings. The van der Waals surface area contributed by atoms with Crippen LogP contribution in [0.1, 0.15) is 21.7 Å². The number of nitrogens with one attached hydrogen (secondary N) is 1. The van der Waals surface area contributed by atoms with Gasteiger partial charge in [-0.2, -0.15) is 5.26 Å². The van der Waals surface area contributed by atoms with Crippen molar-refractivity contribution >= 4 is 5.91 Å². The van der Waals surface area contributed by atoms with Crippen LogP contribution >= 0.6 is 0 Å². The normalized spacial score (nSPS) is 10.2. The Labute approximate surface area is 128 Å². The fourth-order valence-corrected chi connectivity index (χ4v) is 2.01. The number of carbonyl (C=O) groups is 1. The maximum atomic E-state index is 12.1. The van der Waals surface area contributed by atoms with E-state index in [1.165, 1.54) is 0 Å². The Morgan fingerprint density at radius 2 is 2.27 bits per heavy atom. The summed E-state index contributed by atoms with van der Waals surface area (Å²) in [7, 11) is 1.64. The number of aromatic nitrogens is 3. The maximum Gasteiger partial charge on any atom is 0.252 e. The Balaban J connectivity index is 1.90. The van der Waals surface area contributed by atoms with Crippen molar-refractivity contribution in [2.24, 2.45) is 0 Å². The number of benzene rings is 1. The molecule has 7 heteroatoms. The van der Waals surface area contributed by atoms with E-state index in [0.29, 0.717) is 37.2 Å². The van der Waals surface area contributed by atoms with Gasteiger partial charge in [0.1, 0.15) is 12.2 Å². The molecule has 1 N–H and O–H groups in total. The summed E-state index contributed by atoms with van der Waals surface area (Å²) < 4.78 is 6.91. The molecule has 0 spiro atoms. The van der Waals surface area contributed by atoms with Gasteiger partial charge in [-0.05, 0) is 12.1 Å². The fraction of sp³-hybridized carbons (Fsp3) is 0.333. The summed E-state index contributed by atoms with van der Waals surface area (Å²) in [6.07, 6.45) is 2.20. The first kappa shape index (κ1) is 15.7. The van der Waals surface area contributed by atoms with Gasteiger partial charge >= 0.3 is 0 Å². The van der Waals surface area contributed by atoms with E-state index in [-0.39, 0.29) is 5.91 Å². The predicted molar refractivity (Wildman–Crippen MR) is 79.1 cm³/mol. The second kappa shape index (κ2) is 7.90. The van der Waals surface area contributed by atoms with Gasteiger partial charge in [0.2, 0.25) is 0 Å². The molecule has 0 aliphatic carbocycles. The quantitative estimate of drug-likeness (QED) is 0.815. The first-order valence-corrected chi connectivity index (χ1v) is 6.89. The lowest BCUT2D eigenvalue weighted by molar-refractivity contribution is 0.0953. The molecule has 0 aliphatic heterocycles. The lowest BCUT2D eigenvalue weighted by atomic mass is 10.1. The van der Waals surface area contributed by atoms with E-state index in [0.717, 1.165) is 5.82 Å². The van der Waals surface area contributed by atoms with Gasteiger partial charge in [-0.25, -0.2) is 0 Å². The largest absolute Gasteiger partial charge is 0.383 e. The summed E-state index contributed by atoms with van der Waals surface area (Å²) in [6, 6.07) is 8.73. The minimum atomic E-state index is -0.264. The Kier molecular flexibility index (Phi) is 5.63. The minimum Gasteiger partial charge on any atom is -0.383 e. The number of ether oxygens (including phenoxy) is 1. The highest BCUT2D eigenvalue weighted by molar-refractivity contribution is 5.96. The molecule has 1 heterocycles. The monoisotopic (exact) mass is 299 g/mol. The van der Waals surface area contributed by atoms with Crippen LogP contribution in [0.3, 0.4) is 0 Å². The van der Waals surface area contributed by atoms with Gasteiger partial charge in [0.25, 0.3) is 5.91 Å². The molecular weight excluding hydrogens is 282 g/mol. The summed E-state index contributed by atoms with van der Waals surface area (Å²) >= 11 is 0. The molecule has 1 aromatic carbocycles. The number of rotatable bonds is 7. The molecule has 2 rings (SSSR count). The van der Waals surface area contributed by atoms with Crippen molar-refractivity contribution in [1.29, 1.82) is 5.26 Å². The van der Waals surface area contributed by atoms with Gasteiger partial charge in [-0.15, -0.1) is 10.2 Å². The van der Waals surface area contributed by atoms with Gasteiger partial charge in [-0.1, -0.05) is 12.1 Å². The zero-order valence-electron chi connectivity index (χ0n) is 12.3. The molecule has 1 aromatic heterocycles. The smallest absolute Gasteiger partial charge is 0.252 e. The summed E-state index contributed by atoms with van der Waals surface area (Å²) in [5.74, 6) is 0.519. The Hall–Kier alpha value is -2.72. The highest BCUT2D eigenvalue weighted by Gasteiger charge is 2.11. The van der Waals surface area contributed by atoms with Gasteiger partial charge in [0.15, 0.2) is 0 Å². The third-order valence-corrected chi connectivity index (χ3v) is 3.16. The lowest BCUT2D eigenvalue weighted by Gasteiger charge is -2.08. The number of methoxy groups -OCH3 is 1. The van der Waals surface area contributed by atoms with Crippen LogP contribution in [0, 0.1) is 11.3 Å². The lowest BCUT2D eigenvalue weighted by Crippen LogP contribution is -2.27. The van der Waals surface area contributed by atoms with E-state index >= 15 is 0 Å². The third-order valence-electron chi connectivity index (χ3n) is 3.16. The molecule has 114 valence electrons. The van der Waals surface area contributed by atoms with E-state index in [1.54, 1.807) is 37.7 Å². The molecule has 0 radical (unpaired) electrons. The molecule has 1 amide bonds. The molecule has 22 heavy (non-hydrogen) atoms. The van der Waals surface area contributed by atoms with E-state index in [2.05, 4.69) is 15.5 Å². The van der Waals surface area contributed by atoms with Crippen LogP contribution in [0.2, 0.25) is 0 Å². The summed E-state index contributed by atoms with van der Waals surface area (Å²) in [5, 5.41) is 19.7. The van der Waals surface area contributed by atoms with Gasteiger partial charge < -0.3 is 14.6 Å². The topological polar surface area (TPSA) is 92.8 Å². The zero-order valence-corrected chi connectivity index (χ0v) is 12.3. The number of carbonyl (C=O) groups excluding carboxylic acids is 1. The van der Waals surface area contributed by atoms with Crippen molar-refractivity contribution < 1.29 is 9.53 Å². The molecule has 0 saturated carbocycles. The molecule has 0 fully saturated rings. The van der Waals surface area contributed by atoms with Crippen molar-refractivity contribution in [2.45, 2.75) is 13.0 Å². The molecule has 0 bridgehead atoms. The van der Waals surface area contributed by atoms with Gasteiger partial charge in [0, 0.05) is 26.6 Å². The second-order valence-corrected chi connectivity index (χ2v) is 4.60. The second-order valence-electron chi connectivity index (χ2n) is 4.60. The number of nitriles is 1. The van der Waals surface area contributed by atoms with Gasteiger partial charge in [-0.3, -0.25) is 4.79 Å². The van der Waals surface area contributed by atoms with Crippen molar-refractivity contribution in [1.82, 2.24) is 20.1 Å². The van der Waals surface area contributed by atoms with Crippen LogP contribution in [0.5, 0.6) is 0 Å². The van der Waals surface area contributed by atoms with Crippen molar-refractivity contribution in [2.75, 3.05) is 20.3 Å². The van der Waals surface area contributed by atoms with Crippen molar-refractivity contribution in [3.05, 3.63) is 47.5 Å². The molecule has 0 aliphatic rings. The summed E-state index contributed by atoms with van der Waals surface area (Å²) in [5.41, 5.74) is 0.745. The number of hydrogen-bond acceptors (Lipinski definition) is 5. The molecule has 0 atom stereocenters. The van der Waals surface area contributed by atoms with Crippen LogP contribution in [0.15, 0.2) is 30.6 Å². The van der Waals surface area contributed by atoms with Crippen molar-refractivity contribution in [3.63, 3.8) is 0 Å². The maximum absolute atomic E-state index is 12.1. The molecule has 0 saturated heterocycles. The Morgan fingerprint density at radius 3 is 3.05 bits per heavy atom.